The van der Waals surface area contributed by atoms with E-state index in [1.807, 2.05) is 65.8 Å². The SMILES string of the molecule is CSc1nn(-c2ccccc2)c[n+]1-c1ccccc1.[I-]. The molecule has 0 unspecified atom stereocenters. The van der Waals surface area contributed by atoms with Gasteiger partial charge in [-0.2, -0.15) is 4.57 Å². The Hall–Kier alpha value is -1.34. The van der Waals surface area contributed by atoms with Crippen LogP contribution in [0.25, 0.3) is 11.4 Å². The van der Waals surface area contributed by atoms with E-state index >= 15 is 0 Å². The molecule has 3 aromatic rings. The number of para-hydroxylation sites is 2. The van der Waals surface area contributed by atoms with Crippen LogP contribution in [0.3, 0.4) is 0 Å². The standard InChI is InChI=1S/C15H14N3S.HI/c1-19-15-16-18(14-10-6-3-7-11-14)12-17(15)13-8-4-2-5-9-13;/h2-12H,1H3;1H/q+1;/p-1. The molecule has 0 aliphatic heterocycles. The summed E-state index contributed by atoms with van der Waals surface area (Å²) in [5.41, 5.74) is 2.18. The van der Waals surface area contributed by atoms with E-state index in [0.717, 1.165) is 16.5 Å². The van der Waals surface area contributed by atoms with E-state index in [1.54, 1.807) is 11.8 Å². The zero-order chi connectivity index (χ0) is 13.1. The second-order valence-electron chi connectivity index (χ2n) is 4.09. The first-order valence-electron chi connectivity index (χ1n) is 6.04. The molecule has 3 rings (SSSR count). The van der Waals surface area contributed by atoms with Gasteiger partial charge in [0.25, 0.3) is 0 Å². The third-order valence-electron chi connectivity index (χ3n) is 2.86. The maximum atomic E-state index is 4.62. The van der Waals surface area contributed by atoms with Gasteiger partial charge in [-0.25, -0.2) is 0 Å². The third kappa shape index (κ3) is 3.04. The summed E-state index contributed by atoms with van der Waals surface area (Å²) < 4.78 is 4.00. The number of benzene rings is 2. The van der Waals surface area contributed by atoms with Crippen molar-refractivity contribution < 1.29 is 28.5 Å². The Kier molecular flexibility index (Phi) is 5.19. The zero-order valence-corrected chi connectivity index (χ0v) is 14.0. The van der Waals surface area contributed by atoms with Gasteiger partial charge >= 0.3 is 5.16 Å². The average molecular weight is 395 g/mol. The lowest BCUT2D eigenvalue weighted by Gasteiger charge is -1.96. The quantitative estimate of drug-likeness (QED) is 0.350. The van der Waals surface area contributed by atoms with Gasteiger partial charge in [-0.1, -0.05) is 52.8 Å². The molecule has 2 aromatic carbocycles. The second-order valence-corrected chi connectivity index (χ2v) is 4.86. The van der Waals surface area contributed by atoms with Crippen LogP contribution < -0.4 is 28.5 Å². The lowest BCUT2D eigenvalue weighted by Crippen LogP contribution is -3.00. The minimum atomic E-state index is 0. The van der Waals surface area contributed by atoms with Crippen molar-refractivity contribution in [1.82, 2.24) is 9.78 Å². The summed E-state index contributed by atoms with van der Waals surface area (Å²) in [6.45, 7) is 0. The van der Waals surface area contributed by atoms with E-state index in [-0.39, 0.29) is 24.0 Å². The summed E-state index contributed by atoms with van der Waals surface area (Å²) in [5.74, 6) is 0. The van der Waals surface area contributed by atoms with Gasteiger partial charge in [0.15, 0.2) is 0 Å². The Morgan fingerprint density at radius 2 is 1.55 bits per heavy atom. The Morgan fingerprint density at radius 3 is 2.15 bits per heavy atom. The van der Waals surface area contributed by atoms with E-state index in [2.05, 4.69) is 21.8 Å². The molecule has 102 valence electrons. The van der Waals surface area contributed by atoms with Crippen molar-refractivity contribution in [2.75, 3.05) is 6.26 Å². The molecule has 0 saturated carbocycles. The predicted molar refractivity (Wildman–Crippen MR) is 76.9 cm³/mol. The molecule has 0 bridgehead atoms. The average Bonchev–Trinajstić information content (AvgIpc) is 2.93. The molecular weight excluding hydrogens is 381 g/mol. The molecule has 0 saturated heterocycles. The van der Waals surface area contributed by atoms with Gasteiger partial charge in [0.05, 0.1) is 5.10 Å². The highest BCUT2D eigenvalue weighted by Gasteiger charge is 2.18. The fourth-order valence-electron chi connectivity index (χ4n) is 1.93. The summed E-state index contributed by atoms with van der Waals surface area (Å²) in [4.78, 5) is 0. The Balaban J connectivity index is 0.00000147. The lowest BCUT2D eigenvalue weighted by molar-refractivity contribution is -0.636. The summed E-state index contributed by atoms with van der Waals surface area (Å²) in [6.07, 6.45) is 4.05. The van der Waals surface area contributed by atoms with Crippen LogP contribution in [0.5, 0.6) is 0 Å². The largest absolute Gasteiger partial charge is 1.00 e. The predicted octanol–water partition coefficient (Wildman–Crippen LogP) is -0.125. The van der Waals surface area contributed by atoms with Gasteiger partial charge in [-0.15, -0.1) is 0 Å². The molecule has 1 heterocycles. The van der Waals surface area contributed by atoms with Crippen molar-refractivity contribution in [3.05, 3.63) is 67.0 Å². The number of aromatic nitrogens is 3. The second kappa shape index (κ2) is 6.90. The molecule has 0 atom stereocenters. The van der Waals surface area contributed by atoms with Crippen LogP contribution >= 0.6 is 11.8 Å². The van der Waals surface area contributed by atoms with Gasteiger partial charge in [0, 0.05) is 0 Å². The minimum Gasteiger partial charge on any atom is -1.00 e. The lowest BCUT2D eigenvalue weighted by atomic mass is 10.3. The molecule has 0 amide bonds. The summed E-state index contributed by atoms with van der Waals surface area (Å²) in [5, 5.41) is 5.59. The van der Waals surface area contributed by atoms with E-state index in [9.17, 15) is 0 Å². The van der Waals surface area contributed by atoms with Gasteiger partial charge in [-0.3, -0.25) is 0 Å². The molecule has 5 heteroatoms. The van der Waals surface area contributed by atoms with E-state index in [1.165, 1.54) is 0 Å². The molecule has 20 heavy (non-hydrogen) atoms. The Bertz CT molecular complexity index is 668. The van der Waals surface area contributed by atoms with Crippen LogP contribution in [0.1, 0.15) is 0 Å². The number of thioether (sulfide) groups is 1. The highest BCUT2D eigenvalue weighted by molar-refractivity contribution is 7.98. The van der Waals surface area contributed by atoms with Crippen molar-refractivity contribution in [1.29, 1.82) is 0 Å². The fraction of sp³-hybridized carbons (Fsp3) is 0.0667. The zero-order valence-electron chi connectivity index (χ0n) is 11.0. The van der Waals surface area contributed by atoms with E-state index in [4.69, 9.17) is 0 Å². The van der Waals surface area contributed by atoms with E-state index < -0.39 is 0 Å². The molecule has 0 fully saturated rings. The van der Waals surface area contributed by atoms with Crippen LogP contribution in [0.4, 0.5) is 0 Å². The van der Waals surface area contributed by atoms with Crippen LogP contribution in [-0.2, 0) is 0 Å². The van der Waals surface area contributed by atoms with Crippen LogP contribution in [0.2, 0.25) is 0 Å². The Morgan fingerprint density at radius 1 is 0.950 bits per heavy atom. The van der Waals surface area contributed by atoms with Gasteiger partial charge < -0.3 is 24.0 Å². The first-order valence-corrected chi connectivity index (χ1v) is 7.27. The number of nitrogens with zero attached hydrogens (tertiary/aromatic N) is 3. The van der Waals surface area contributed by atoms with Gasteiger partial charge in [0.2, 0.25) is 6.33 Å². The normalized spacial score (nSPS) is 10.1. The first-order chi connectivity index (χ1) is 9.38. The number of hydrogen-bond acceptors (Lipinski definition) is 2. The molecular formula is C15H14IN3S. The molecule has 0 aliphatic rings. The van der Waals surface area contributed by atoms with Crippen molar-refractivity contribution in [3.8, 4) is 11.4 Å². The maximum Gasteiger partial charge on any atom is 0.341 e. The van der Waals surface area contributed by atoms with Crippen molar-refractivity contribution in [2.45, 2.75) is 5.16 Å². The molecule has 1 aromatic heterocycles. The highest BCUT2D eigenvalue weighted by atomic mass is 127. The highest BCUT2D eigenvalue weighted by Crippen LogP contribution is 2.12. The molecule has 0 N–H and O–H groups in total. The number of hydrogen-bond donors (Lipinski definition) is 0. The van der Waals surface area contributed by atoms with Crippen molar-refractivity contribution in [2.24, 2.45) is 0 Å². The van der Waals surface area contributed by atoms with Crippen LogP contribution in [0.15, 0.2) is 72.1 Å². The molecule has 0 spiro atoms. The van der Waals surface area contributed by atoms with E-state index in [0.29, 0.717) is 0 Å². The topological polar surface area (TPSA) is 21.7 Å². The number of halogens is 1. The number of rotatable bonds is 3. The van der Waals surface area contributed by atoms with Gasteiger partial charge in [0.1, 0.15) is 11.4 Å². The minimum absolute atomic E-state index is 0. The van der Waals surface area contributed by atoms with Crippen molar-refractivity contribution >= 4 is 11.8 Å². The summed E-state index contributed by atoms with van der Waals surface area (Å²) >= 11 is 1.64. The smallest absolute Gasteiger partial charge is 0.341 e. The third-order valence-corrected chi connectivity index (χ3v) is 3.51. The van der Waals surface area contributed by atoms with Crippen molar-refractivity contribution in [3.63, 3.8) is 0 Å². The molecule has 0 radical (unpaired) electrons. The maximum absolute atomic E-state index is 4.62. The summed E-state index contributed by atoms with van der Waals surface area (Å²) in [7, 11) is 0. The Labute approximate surface area is 139 Å². The fourth-order valence-corrected chi connectivity index (χ4v) is 2.45. The molecule has 3 nitrogen and oxygen atoms in total. The van der Waals surface area contributed by atoms with Crippen LogP contribution in [0, 0.1) is 0 Å². The van der Waals surface area contributed by atoms with Gasteiger partial charge in [-0.05, 0) is 30.5 Å². The summed E-state index contributed by atoms with van der Waals surface area (Å²) in [6, 6.07) is 20.4. The monoisotopic (exact) mass is 395 g/mol. The first kappa shape index (κ1) is 15.1. The van der Waals surface area contributed by atoms with Crippen LogP contribution in [-0.4, -0.2) is 16.0 Å². The molecule has 0 aliphatic carbocycles.